The fourth-order valence-corrected chi connectivity index (χ4v) is 4.33. The van der Waals surface area contributed by atoms with Crippen LogP contribution in [0, 0.1) is 11.8 Å². The van der Waals surface area contributed by atoms with Crippen molar-refractivity contribution in [3.8, 4) is 0 Å². The van der Waals surface area contributed by atoms with E-state index in [1.54, 1.807) is 0 Å². The van der Waals surface area contributed by atoms with Gasteiger partial charge in [0.2, 0.25) is 5.89 Å². The van der Waals surface area contributed by atoms with Gasteiger partial charge >= 0.3 is 0 Å². The topological polar surface area (TPSA) is 38.9 Å². The summed E-state index contributed by atoms with van der Waals surface area (Å²) in [6.45, 7) is 2.13. The third-order valence-electron chi connectivity index (χ3n) is 5.17. The lowest BCUT2D eigenvalue weighted by Gasteiger charge is -2.38. The number of nitrogens with zero attached hydrogens (tertiary/aromatic N) is 2. The van der Waals surface area contributed by atoms with Crippen LogP contribution < -0.4 is 0 Å². The standard InChI is InChI=1S/C16H25ClN2O/c1-2-5-14(17)15-18-16(20-19-15)13-9-8-11-6-3-4-7-12(11)10-13/h11-14H,2-10H2,1H3. The first-order valence-electron chi connectivity index (χ1n) is 8.25. The minimum absolute atomic E-state index is 0.0940. The molecule has 1 heterocycles. The molecule has 0 aliphatic heterocycles. The zero-order valence-electron chi connectivity index (χ0n) is 12.4. The average molecular weight is 297 g/mol. The third-order valence-corrected chi connectivity index (χ3v) is 5.58. The molecular formula is C16H25ClN2O. The maximum Gasteiger partial charge on any atom is 0.229 e. The van der Waals surface area contributed by atoms with E-state index >= 15 is 0 Å². The van der Waals surface area contributed by atoms with Gasteiger partial charge in [-0.25, -0.2) is 0 Å². The van der Waals surface area contributed by atoms with Crippen molar-refractivity contribution in [1.29, 1.82) is 0 Å². The van der Waals surface area contributed by atoms with Gasteiger partial charge in [-0.3, -0.25) is 0 Å². The minimum atomic E-state index is -0.0940. The van der Waals surface area contributed by atoms with Crippen molar-refractivity contribution in [2.24, 2.45) is 11.8 Å². The van der Waals surface area contributed by atoms with E-state index in [-0.39, 0.29) is 5.38 Å². The molecule has 0 saturated heterocycles. The Morgan fingerprint density at radius 3 is 2.80 bits per heavy atom. The van der Waals surface area contributed by atoms with Crippen molar-refractivity contribution in [3.63, 3.8) is 0 Å². The molecule has 0 bridgehead atoms. The molecule has 2 fully saturated rings. The van der Waals surface area contributed by atoms with E-state index in [1.165, 1.54) is 44.9 Å². The monoisotopic (exact) mass is 296 g/mol. The van der Waals surface area contributed by atoms with Crippen molar-refractivity contribution in [2.45, 2.75) is 76.0 Å². The van der Waals surface area contributed by atoms with Crippen molar-refractivity contribution in [1.82, 2.24) is 10.1 Å². The lowest BCUT2D eigenvalue weighted by Crippen LogP contribution is -2.27. The van der Waals surface area contributed by atoms with Gasteiger partial charge in [0.15, 0.2) is 5.82 Å². The van der Waals surface area contributed by atoms with E-state index in [0.717, 1.165) is 30.6 Å². The average Bonchev–Trinajstić information content (AvgIpc) is 2.97. The van der Waals surface area contributed by atoms with Gasteiger partial charge in [-0.15, -0.1) is 11.6 Å². The molecule has 1 aromatic rings. The summed E-state index contributed by atoms with van der Waals surface area (Å²) >= 11 is 6.28. The quantitative estimate of drug-likeness (QED) is 0.715. The molecule has 4 atom stereocenters. The van der Waals surface area contributed by atoms with Crippen LogP contribution in [0.4, 0.5) is 0 Å². The molecule has 2 saturated carbocycles. The molecule has 1 aromatic heterocycles. The zero-order valence-corrected chi connectivity index (χ0v) is 13.1. The van der Waals surface area contributed by atoms with Gasteiger partial charge in [0.05, 0.1) is 5.38 Å². The molecule has 0 radical (unpaired) electrons. The number of alkyl halides is 1. The third kappa shape index (κ3) is 3.03. The second-order valence-corrected chi connectivity index (χ2v) is 7.09. The lowest BCUT2D eigenvalue weighted by atomic mass is 9.67. The molecular weight excluding hydrogens is 272 g/mol. The molecule has 2 aliphatic carbocycles. The van der Waals surface area contributed by atoms with Crippen molar-refractivity contribution < 1.29 is 4.52 Å². The van der Waals surface area contributed by atoms with Crippen LogP contribution in [0.3, 0.4) is 0 Å². The summed E-state index contributed by atoms with van der Waals surface area (Å²) in [5, 5.41) is 4.00. The predicted molar refractivity (Wildman–Crippen MR) is 79.8 cm³/mol. The molecule has 0 spiro atoms. The first kappa shape index (κ1) is 14.4. The van der Waals surface area contributed by atoms with Crippen LogP contribution in [0.1, 0.15) is 87.7 Å². The maximum atomic E-state index is 6.28. The molecule has 0 amide bonds. The smallest absolute Gasteiger partial charge is 0.229 e. The minimum Gasteiger partial charge on any atom is -0.339 e. The zero-order chi connectivity index (χ0) is 13.9. The number of aromatic nitrogens is 2. The highest BCUT2D eigenvalue weighted by Crippen LogP contribution is 2.45. The fourth-order valence-electron chi connectivity index (χ4n) is 4.02. The molecule has 112 valence electrons. The first-order chi connectivity index (χ1) is 9.78. The van der Waals surface area contributed by atoms with Crippen LogP contribution in [0.5, 0.6) is 0 Å². The number of fused-ring (bicyclic) bond motifs is 1. The molecule has 20 heavy (non-hydrogen) atoms. The van der Waals surface area contributed by atoms with E-state index in [4.69, 9.17) is 16.1 Å². The van der Waals surface area contributed by atoms with Crippen LogP contribution in [-0.2, 0) is 0 Å². The van der Waals surface area contributed by atoms with Crippen LogP contribution in [0.25, 0.3) is 0 Å². The number of hydrogen-bond donors (Lipinski definition) is 0. The molecule has 0 aromatic carbocycles. The Labute approximate surface area is 126 Å². The second kappa shape index (κ2) is 6.46. The van der Waals surface area contributed by atoms with E-state index in [1.807, 2.05) is 0 Å². The molecule has 2 aliphatic rings. The fraction of sp³-hybridized carbons (Fsp3) is 0.875. The summed E-state index contributed by atoms with van der Waals surface area (Å²) in [6, 6.07) is 0. The van der Waals surface area contributed by atoms with Crippen LogP contribution in [-0.4, -0.2) is 10.1 Å². The summed E-state index contributed by atoms with van der Waals surface area (Å²) in [6.07, 6.45) is 11.4. The van der Waals surface area contributed by atoms with E-state index in [2.05, 4.69) is 17.1 Å². The summed E-state index contributed by atoms with van der Waals surface area (Å²) in [7, 11) is 0. The van der Waals surface area contributed by atoms with Crippen molar-refractivity contribution >= 4 is 11.6 Å². The van der Waals surface area contributed by atoms with Gasteiger partial charge in [-0.2, -0.15) is 4.98 Å². The normalized spacial score (nSPS) is 31.8. The predicted octanol–water partition coefficient (Wildman–Crippen LogP) is 5.22. The van der Waals surface area contributed by atoms with E-state index in [9.17, 15) is 0 Å². The number of hydrogen-bond acceptors (Lipinski definition) is 3. The van der Waals surface area contributed by atoms with E-state index < -0.39 is 0 Å². The Hall–Kier alpha value is -0.570. The Morgan fingerprint density at radius 1 is 1.20 bits per heavy atom. The molecule has 3 nitrogen and oxygen atoms in total. The Balaban J connectivity index is 1.64. The molecule has 4 unspecified atom stereocenters. The largest absolute Gasteiger partial charge is 0.339 e. The Kier molecular flexibility index (Phi) is 4.65. The highest BCUT2D eigenvalue weighted by Gasteiger charge is 2.35. The highest BCUT2D eigenvalue weighted by atomic mass is 35.5. The molecule has 3 rings (SSSR count). The van der Waals surface area contributed by atoms with Gasteiger partial charge in [0.25, 0.3) is 0 Å². The van der Waals surface area contributed by atoms with Gasteiger partial charge in [0, 0.05) is 5.92 Å². The van der Waals surface area contributed by atoms with E-state index in [0.29, 0.717) is 11.7 Å². The van der Waals surface area contributed by atoms with Gasteiger partial charge in [-0.05, 0) is 37.5 Å². The van der Waals surface area contributed by atoms with Crippen LogP contribution in [0.15, 0.2) is 4.52 Å². The molecule has 4 heteroatoms. The second-order valence-electron chi connectivity index (χ2n) is 6.56. The summed E-state index contributed by atoms with van der Waals surface area (Å²) < 4.78 is 5.51. The number of rotatable bonds is 4. The summed E-state index contributed by atoms with van der Waals surface area (Å²) in [5.41, 5.74) is 0. The molecule has 0 N–H and O–H groups in total. The van der Waals surface area contributed by atoms with Crippen LogP contribution in [0.2, 0.25) is 0 Å². The highest BCUT2D eigenvalue weighted by molar-refractivity contribution is 6.20. The summed E-state index contributed by atoms with van der Waals surface area (Å²) in [5.74, 6) is 3.85. The van der Waals surface area contributed by atoms with Gasteiger partial charge in [-0.1, -0.05) is 44.2 Å². The summed E-state index contributed by atoms with van der Waals surface area (Å²) in [4.78, 5) is 4.58. The first-order valence-corrected chi connectivity index (χ1v) is 8.69. The SMILES string of the molecule is CCCC(Cl)c1noc(C2CCC3CCCCC3C2)n1. The maximum absolute atomic E-state index is 6.28. The van der Waals surface area contributed by atoms with Crippen molar-refractivity contribution in [3.05, 3.63) is 11.7 Å². The van der Waals surface area contributed by atoms with Crippen molar-refractivity contribution in [2.75, 3.05) is 0 Å². The Bertz CT molecular complexity index is 434. The lowest BCUT2D eigenvalue weighted by molar-refractivity contribution is 0.142. The van der Waals surface area contributed by atoms with Gasteiger partial charge < -0.3 is 4.52 Å². The van der Waals surface area contributed by atoms with Crippen LogP contribution >= 0.6 is 11.6 Å². The Morgan fingerprint density at radius 2 is 2.00 bits per heavy atom. The number of halogens is 1. The van der Waals surface area contributed by atoms with Gasteiger partial charge in [0.1, 0.15) is 0 Å².